The minimum Gasteiger partial charge on any atom is -0.368 e. The lowest BCUT2D eigenvalue weighted by Crippen LogP contribution is -2.53. The number of carbonyl (C=O) groups excluding carboxylic acids is 1. The number of hydrogen-bond donors (Lipinski definition) is 0. The van der Waals surface area contributed by atoms with Crippen LogP contribution in [0, 0.1) is 26.7 Å². The molecule has 2 saturated heterocycles. The zero-order chi connectivity index (χ0) is 27.6. The van der Waals surface area contributed by atoms with Crippen LogP contribution in [0.3, 0.4) is 0 Å². The van der Waals surface area contributed by atoms with Crippen molar-refractivity contribution in [3.8, 4) is 0 Å². The van der Waals surface area contributed by atoms with E-state index in [4.69, 9.17) is 4.52 Å². The molecule has 1 atom stereocenters. The van der Waals surface area contributed by atoms with Crippen LogP contribution < -0.4 is 4.90 Å². The minimum absolute atomic E-state index is 0.0414. The molecule has 2 aromatic carbocycles. The number of piperazine rings is 1. The van der Waals surface area contributed by atoms with Crippen molar-refractivity contribution in [3.05, 3.63) is 76.7 Å². The van der Waals surface area contributed by atoms with E-state index < -0.39 is 10.0 Å². The number of rotatable bonds is 6. The van der Waals surface area contributed by atoms with Crippen molar-refractivity contribution < 1.29 is 17.7 Å². The Kier molecular flexibility index (Phi) is 7.91. The SMILES string of the molecule is Cc1ccc(C)c(/C=C/c2onc(C)c2S(=O)(=O)N2CCC[C@H](C(=O)N3CCN(c4ccccc4)CC3)C2)c1. The number of amides is 1. The van der Waals surface area contributed by atoms with Crippen LogP contribution in [0.4, 0.5) is 5.69 Å². The maximum Gasteiger partial charge on any atom is 0.248 e. The summed E-state index contributed by atoms with van der Waals surface area (Å²) in [5, 5.41) is 3.98. The van der Waals surface area contributed by atoms with Crippen LogP contribution in [0.2, 0.25) is 0 Å². The van der Waals surface area contributed by atoms with E-state index in [1.54, 1.807) is 13.0 Å². The van der Waals surface area contributed by atoms with E-state index >= 15 is 0 Å². The number of benzene rings is 2. The molecule has 206 valence electrons. The molecule has 1 amide bonds. The maximum absolute atomic E-state index is 13.8. The predicted molar refractivity (Wildman–Crippen MR) is 153 cm³/mol. The molecular formula is C30H36N4O4S. The fourth-order valence-corrected chi connectivity index (χ4v) is 7.25. The largest absolute Gasteiger partial charge is 0.368 e. The number of hydrogen-bond acceptors (Lipinski definition) is 6. The molecular weight excluding hydrogens is 512 g/mol. The van der Waals surface area contributed by atoms with Crippen LogP contribution in [0.1, 0.15) is 41.0 Å². The van der Waals surface area contributed by atoms with Gasteiger partial charge in [-0.3, -0.25) is 4.79 Å². The van der Waals surface area contributed by atoms with Crippen LogP contribution >= 0.6 is 0 Å². The monoisotopic (exact) mass is 548 g/mol. The second-order valence-corrected chi connectivity index (χ2v) is 12.4. The molecule has 5 rings (SSSR count). The zero-order valence-electron chi connectivity index (χ0n) is 22.8. The van der Waals surface area contributed by atoms with Crippen molar-refractivity contribution in [2.24, 2.45) is 5.92 Å². The molecule has 1 aromatic heterocycles. The molecule has 9 heteroatoms. The third-order valence-corrected chi connectivity index (χ3v) is 9.75. The van der Waals surface area contributed by atoms with E-state index in [0.717, 1.165) is 35.5 Å². The lowest BCUT2D eigenvalue weighted by molar-refractivity contribution is -0.137. The van der Waals surface area contributed by atoms with Gasteiger partial charge in [0.15, 0.2) is 10.7 Å². The van der Waals surface area contributed by atoms with Gasteiger partial charge in [-0.1, -0.05) is 53.2 Å². The second kappa shape index (κ2) is 11.4. The summed E-state index contributed by atoms with van der Waals surface area (Å²) in [6.45, 7) is 9.01. The summed E-state index contributed by atoms with van der Waals surface area (Å²) >= 11 is 0. The molecule has 0 N–H and O–H groups in total. The number of sulfonamides is 1. The van der Waals surface area contributed by atoms with Crippen LogP contribution in [0.25, 0.3) is 12.2 Å². The number of piperidine rings is 1. The molecule has 8 nitrogen and oxygen atoms in total. The van der Waals surface area contributed by atoms with Gasteiger partial charge in [0.1, 0.15) is 5.69 Å². The first-order valence-electron chi connectivity index (χ1n) is 13.5. The molecule has 2 aliphatic rings. The first-order valence-corrected chi connectivity index (χ1v) is 15.0. The van der Waals surface area contributed by atoms with Gasteiger partial charge in [0.05, 0.1) is 5.92 Å². The highest BCUT2D eigenvalue weighted by atomic mass is 32.2. The second-order valence-electron chi connectivity index (χ2n) is 10.5. The summed E-state index contributed by atoms with van der Waals surface area (Å²) in [6.07, 6.45) is 4.86. The minimum atomic E-state index is -3.90. The Morgan fingerprint density at radius 1 is 0.974 bits per heavy atom. The average molecular weight is 549 g/mol. The topological polar surface area (TPSA) is 87.0 Å². The lowest BCUT2D eigenvalue weighted by Gasteiger charge is -2.39. The van der Waals surface area contributed by atoms with Crippen LogP contribution in [0.15, 0.2) is 57.9 Å². The van der Waals surface area contributed by atoms with Crippen molar-refractivity contribution in [1.82, 2.24) is 14.4 Å². The summed E-state index contributed by atoms with van der Waals surface area (Å²) < 4.78 is 34.6. The molecule has 2 fully saturated rings. The summed E-state index contributed by atoms with van der Waals surface area (Å²) in [6, 6.07) is 16.3. The third-order valence-electron chi connectivity index (χ3n) is 7.73. The van der Waals surface area contributed by atoms with Gasteiger partial charge in [0.25, 0.3) is 0 Å². The summed E-state index contributed by atoms with van der Waals surface area (Å²) in [5.41, 5.74) is 4.67. The molecule has 0 radical (unpaired) electrons. The molecule has 0 saturated carbocycles. The Bertz CT molecular complexity index is 1460. The molecule has 2 aliphatic heterocycles. The lowest BCUT2D eigenvalue weighted by atomic mass is 9.97. The zero-order valence-corrected chi connectivity index (χ0v) is 23.7. The molecule has 0 spiro atoms. The molecule has 39 heavy (non-hydrogen) atoms. The number of aromatic nitrogens is 1. The molecule has 3 heterocycles. The Labute approximate surface area is 230 Å². The van der Waals surface area contributed by atoms with Gasteiger partial charge >= 0.3 is 0 Å². The Balaban J connectivity index is 1.29. The van der Waals surface area contributed by atoms with Gasteiger partial charge < -0.3 is 14.3 Å². The van der Waals surface area contributed by atoms with Crippen LogP contribution in [0.5, 0.6) is 0 Å². The van der Waals surface area contributed by atoms with Gasteiger partial charge in [-0.05, 0) is 62.9 Å². The van der Waals surface area contributed by atoms with Gasteiger partial charge in [0, 0.05) is 45.0 Å². The first-order chi connectivity index (χ1) is 18.7. The maximum atomic E-state index is 13.8. The van der Waals surface area contributed by atoms with E-state index in [0.29, 0.717) is 38.2 Å². The summed E-state index contributed by atoms with van der Waals surface area (Å²) in [4.78, 5) is 17.7. The summed E-state index contributed by atoms with van der Waals surface area (Å²) in [7, 11) is -3.90. The molecule has 0 aliphatic carbocycles. The van der Waals surface area contributed by atoms with Gasteiger partial charge in [-0.2, -0.15) is 4.31 Å². The number of carbonyl (C=O) groups is 1. The fraction of sp³-hybridized carbons (Fsp3) is 0.400. The molecule has 3 aromatic rings. The smallest absolute Gasteiger partial charge is 0.248 e. The van der Waals surface area contributed by atoms with Crippen LogP contribution in [-0.2, 0) is 14.8 Å². The number of anilines is 1. The van der Waals surface area contributed by atoms with E-state index in [9.17, 15) is 13.2 Å². The standard InChI is InChI=1S/C30H36N4O4S/c1-22-11-12-23(2)25(20-22)13-14-28-29(24(3)31-38-28)39(36,37)34-15-7-8-26(21-34)30(35)33-18-16-32(17-19-33)27-9-5-4-6-10-27/h4-6,9-14,20,26H,7-8,15-19,21H2,1-3H3/b14-13+/t26-/m0/s1. The number of aryl methyl sites for hydroxylation is 3. The van der Waals surface area contributed by atoms with Crippen molar-refractivity contribution >= 4 is 33.8 Å². The van der Waals surface area contributed by atoms with E-state index in [2.05, 4.69) is 22.2 Å². The highest BCUT2D eigenvalue weighted by molar-refractivity contribution is 7.89. The van der Waals surface area contributed by atoms with E-state index in [1.807, 2.05) is 61.2 Å². The number of nitrogens with zero attached hydrogens (tertiary/aromatic N) is 4. The highest BCUT2D eigenvalue weighted by Gasteiger charge is 2.38. The number of para-hydroxylation sites is 1. The fourth-order valence-electron chi connectivity index (χ4n) is 5.48. The Morgan fingerprint density at radius 3 is 2.46 bits per heavy atom. The first kappa shape index (κ1) is 27.1. The summed E-state index contributed by atoms with van der Waals surface area (Å²) in [5.74, 6) is -0.107. The van der Waals surface area contributed by atoms with E-state index in [1.165, 1.54) is 4.31 Å². The Hall–Kier alpha value is -3.43. The quantitative estimate of drug-likeness (QED) is 0.450. The van der Waals surface area contributed by atoms with E-state index in [-0.39, 0.29) is 29.0 Å². The van der Waals surface area contributed by atoms with Crippen molar-refractivity contribution in [2.75, 3.05) is 44.2 Å². The average Bonchev–Trinajstić information content (AvgIpc) is 3.34. The normalized spacial score (nSPS) is 19.1. The molecule has 0 unspecified atom stereocenters. The van der Waals surface area contributed by atoms with Gasteiger partial charge in [0.2, 0.25) is 15.9 Å². The predicted octanol–water partition coefficient (Wildman–Crippen LogP) is 4.52. The van der Waals surface area contributed by atoms with Crippen molar-refractivity contribution in [3.63, 3.8) is 0 Å². The third kappa shape index (κ3) is 5.79. The Morgan fingerprint density at radius 2 is 1.72 bits per heavy atom. The van der Waals surface area contributed by atoms with Gasteiger partial charge in [-0.15, -0.1) is 0 Å². The van der Waals surface area contributed by atoms with Crippen molar-refractivity contribution in [2.45, 2.75) is 38.5 Å². The van der Waals surface area contributed by atoms with Crippen molar-refractivity contribution in [1.29, 1.82) is 0 Å². The highest BCUT2D eigenvalue weighted by Crippen LogP contribution is 2.30. The van der Waals surface area contributed by atoms with Crippen LogP contribution in [-0.4, -0.2) is 68.0 Å². The molecule has 0 bridgehead atoms. The van der Waals surface area contributed by atoms with Gasteiger partial charge in [-0.25, -0.2) is 8.42 Å².